The fourth-order valence-corrected chi connectivity index (χ4v) is 1.51. The fraction of sp³-hybridized carbons (Fsp3) is 0.333. The van der Waals surface area contributed by atoms with Gasteiger partial charge in [0.25, 0.3) is 0 Å². The Bertz CT molecular complexity index is 384. The van der Waals surface area contributed by atoms with Gasteiger partial charge in [0.15, 0.2) is 11.5 Å². The molecule has 2 rings (SSSR count). The molecule has 1 unspecified atom stereocenters. The number of fused-ring (bicyclic) bond motifs is 1. The lowest BCUT2D eigenvalue weighted by atomic mass is 10.0. The zero-order valence-corrected chi connectivity index (χ0v) is 8.69. The van der Waals surface area contributed by atoms with Crippen molar-refractivity contribution in [1.82, 2.24) is 0 Å². The Labute approximate surface area is 88.9 Å². The van der Waals surface area contributed by atoms with E-state index in [1.54, 1.807) is 13.0 Å². The van der Waals surface area contributed by atoms with Crippen molar-refractivity contribution in [3.05, 3.63) is 35.9 Å². The molecule has 0 spiro atoms. The molecule has 0 amide bonds. The minimum atomic E-state index is -0.638. The van der Waals surface area contributed by atoms with Crippen molar-refractivity contribution >= 4 is 0 Å². The first-order chi connectivity index (χ1) is 7.18. The lowest BCUT2D eigenvalue weighted by molar-refractivity contribution is 0.169. The third kappa shape index (κ3) is 1.97. The molecule has 15 heavy (non-hydrogen) atoms. The zero-order chi connectivity index (χ0) is 10.8. The van der Waals surface area contributed by atoms with Gasteiger partial charge in [0, 0.05) is 0 Å². The van der Waals surface area contributed by atoms with Gasteiger partial charge in [-0.05, 0) is 30.2 Å². The topological polar surface area (TPSA) is 38.7 Å². The maximum Gasteiger partial charge on any atom is 0.161 e. The summed E-state index contributed by atoms with van der Waals surface area (Å²) in [6.45, 7) is 6.65. The summed E-state index contributed by atoms with van der Waals surface area (Å²) in [6, 6.07) is 5.44. The van der Waals surface area contributed by atoms with E-state index in [-0.39, 0.29) is 0 Å². The molecule has 0 bridgehead atoms. The summed E-state index contributed by atoms with van der Waals surface area (Å²) < 4.78 is 10.8. The number of rotatable bonds is 2. The molecule has 80 valence electrons. The van der Waals surface area contributed by atoms with E-state index >= 15 is 0 Å². The van der Waals surface area contributed by atoms with Crippen LogP contribution < -0.4 is 9.47 Å². The molecular weight excluding hydrogens is 192 g/mol. The molecule has 0 saturated carbocycles. The van der Waals surface area contributed by atoms with E-state index in [0.29, 0.717) is 24.5 Å². The van der Waals surface area contributed by atoms with Gasteiger partial charge in [0.2, 0.25) is 0 Å². The van der Waals surface area contributed by atoms with Crippen molar-refractivity contribution in [2.75, 3.05) is 13.2 Å². The van der Waals surface area contributed by atoms with Gasteiger partial charge in [0.1, 0.15) is 13.2 Å². The first-order valence-electron chi connectivity index (χ1n) is 4.91. The smallest absolute Gasteiger partial charge is 0.161 e. The second-order valence-corrected chi connectivity index (χ2v) is 3.65. The number of benzene rings is 1. The van der Waals surface area contributed by atoms with E-state index in [2.05, 4.69) is 6.58 Å². The SMILES string of the molecule is C=C(C)C(O)c1ccc2c(c1)OCCO2. The summed E-state index contributed by atoms with van der Waals surface area (Å²) in [5.74, 6) is 1.43. The Morgan fingerprint density at radius 1 is 1.33 bits per heavy atom. The van der Waals surface area contributed by atoms with Crippen LogP contribution in [0, 0.1) is 0 Å². The van der Waals surface area contributed by atoms with Crippen LogP contribution in [-0.2, 0) is 0 Å². The molecule has 1 heterocycles. The molecule has 0 radical (unpaired) electrons. The van der Waals surface area contributed by atoms with E-state index in [4.69, 9.17) is 9.47 Å². The average Bonchev–Trinajstić information content (AvgIpc) is 2.27. The Hall–Kier alpha value is -1.48. The molecule has 0 aromatic heterocycles. The summed E-state index contributed by atoms with van der Waals surface area (Å²) in [5.41, 5.74) is 1.50. The highest BCUT2D eigenvalue weighted by Crippen LogP contribution is 2.33. The normalized spacial score (nSPS) is 15.9. The molecule has 1 aromatic rings. The van der Waals surface area contributed by atoms with Crippen LogP contribution in [0.3, 0.4) is 0 Å². The van der Waals surface area contributed by atoms with Crippen molar-refractivity contribution in [2.45, 2.75) is 13.0 Å². The first-order valence-corrected chi connectivity index (χ1v) is 4.91. The summed E-state index contributed by atoms with van der Waals surface area (Å²) >= 11 is 0. The van der Waals surface area contributed by atoms with Crippen molar-refractivity contribution < 1.29 is 14.6 Å². The molecule has 1 N–H and O–H groups in total. The number of hydrogen-bond donors (Lipinski definition) is 1. The van der Waals surface area contributed by atoms with E-state index in [1.165, 1.54) is 0 Å². The van der Waals surface area contributed by atoms with Gasteiger partial charge in [-0.25, -0.2) is 0 Å². The van der Waals surface area contributed by atoms with Crippen molar-refractivity contribution in [3.63, 3.8) is 0 Å². The lowest BCUT2D eigenvalue weighted by Crippen LogP contribution is -2.15. The molecular formula is C12H14O3. The van der Waals surface area contributed by atoms with E-state index in [1.807, 2.05) is 12.1 Å². The number of aliphatic hydroxyl groups is 1. The van der Waals surface area contributed by atoms with Crippen LogP contribution in [0.4, 0.5) is 0 Å². The number of aliphatic hydroxyl groups excluding tert-OH is 1. The quantitative estimate of drug-likeness (QED) is 0.753. The van der Waals surface area contributed by atoms with Crippen molar-refractivity contribution in [3.8, 4) is 11.5 Å². The second-order valence-electron chi connectivity index (χ2n) is 3.65. The van der Waals surface area contributed by atoms with Gasteiger partial charge in [-0.3, -0.25) is 0 Å². The van der Waals surface area contributed by atoms with Crippen LogP contribution in [0.1, 0.15) is 18.6 Å². The zero-order valence-electron chi connectivity index (χ0n) is 8.69. The van der Waals surface area contributed by atoms with E-state index in [0.717, 1.165) is 11.3 Å². The van der Waals surface area contributed by atoms with Crippen LogP contribution in [0.5, 0.6) is 11.5 Å². The average molecular weight is 206 g/mol. The van der Waals surface area contributed by atoms with Gasteiger partial charge in [-0.2, -0.15) is 0 Å². The largest absolute Gasteiger partial charge is 0.486 e. The van der Waals surface area contributed by atoms with Crippen LogP contribution >= 0.6 is 0 Å². The van der Waals surface area contributed by atoms with Crippen molar-refractivity contribution in [1.29, 1.82) is 0 Å². The Morgan fingerprint density at radius 3 is 2.67 bits per heavy atom. The molecule has 0 fully saturated rings. The Morgan fingerprint density at radius 2 is 2.00 bits per heavy atom. The van der Waals surface area contributed by atoms with Gasteiger partial charge in [0.05, 0.1) is 6.10 Å². The van der Waals surface area contributed by atoms with Crippen LogP contribution in [0.25, 0.3) is 0 Å². The molecule has 0 aliphatic carbocycles. The molecule has 0 saturated heterocycles. The molecule has 1 aromatic carbocycles. The summed E-state index contributed by atoms with van der Waals surface area (Å²) in [5, 5.41) is 9.80. The summed E-state index contributed by atoms with van der Waals surface area (Å²) in [6.07, 6.45) is -0.638. The lowest BCUT2D eigenvalue weighted by Gasteiger charge is -2.20. The maximum absolute atomic E-state index is 9.80. The van der Waals surface area contributed by atoms with Gasteiger partial charge in [-0.1, -0.05) is 12.6 Å². The standard InChI is InChI=1S/C12H14O3/c1-8(2)12(13)9-3-4-10-11(7-9)15-6-5-14-10/h3-4,7,12-13H,1,5-6H2,2H3. The highest BCUT2D eigenvalue weighted by molar-refractivity contribution is 5.45. The van der Waals surface area contributed by atoms with Gasteiger partial charge in [-0.15, -0.1) is 0 Å². The van der Waals surface area contributed by atoms with Crippen LogP contribution in [0.15, 0.2) is 30.4 Å². The van der Waals surface area contributed by atoms with Gasteiger partial charge >= 0.3 is 0 Å². The highest BCUT2D eigenvalue weighted by Gasteiger charge is 2.15. The predicted octanol–water partition coefficient (Wildman–Crippen LogP) is 2.07. The first kappa shape index (κ1) is 10.1. The summed E-state index contributed by atoms with van der Waals surface area (Å²) in [4.78, 5) is 0. The maximum atomic E-state index is 9.80. The fourth-order valence-electron chi connectivity index (χ4n) is 1.51. The minimum Gasteiger partial charge on any atom is -0.486 e. The third-order valence-corrected chi connectivity index (χ3v) is 2.35. The summed E-state index contributed by atoms with van der Waals surface area (Å²) in [7, 11) is 0. The van der Waals surface area contributed by atoms with Crippen molar-refractivity contribution in [2.24, 2.45) is 0 Å². The Balaban J connectivity index is 2.31. The van der Waals surface area contributed by atoms with Crippen LogP contribution in [0.2, 0.25) is 0 Å². The second kappa shape index (κ2) is 3.95. The number of hydrogen-bond acceptors (Lipinski definition) is 3. The Kier molecular flexibility index (Phi) is 2.64. The monoisotopic (exact) mass is 206 g/mol. The predicted molar refractivity (Wildman–Crippen MR) is 57.2 cm³/mol. The molecule has 1 atom stereocenters. The van der Waals surface area contributed by atoms with Crippen LogP contribution in [-0.4, -0.2) is 18.3 Å². The number of ether oxygens (including phenoxy) is 2. The minimum absolute atomic E-state index is 0.555. The van der Waals surface area contributed by atoms with E-state index in [9.17, 15) is 5.11 Å². The molecule has 3 heteroatoms. The third-order valence-electron chi connectivity index (χ3n) is 2.35. The molecule has 1 aliphatic heterocycles. The van der Waals surface area contributed by atoms with E-state index < -0.39 is 6.10 Å². The molecule has 1 aliphatic rings. The highest BCUT2D eigenvalue weighted by atomic mass is 16.6. The van der Waals surface area contributed by atoms with Gasteiger partial charge < -0.3 is 14.6 Å². The molecule has 3 nitrogen and oxygen atoms in total.